The molecule has 1 aliphatic carbocycles. The van der Waals surface area contributed by atoms with Crippen LogP contribution in [0.4, 0.5) is 0 Å². The standard InChI is InChI=1S/C9H14O2/c1-4-5-6-7(8(10)11)9(6,2)3/h4-7H,1-3H3,(H,10,11)/b5-4-/t6-,7+/m1/s1. The summed E-state index contributed by atoms with van der Waals surface area (Å²) in [5.41, 5.74) is -0.0294. The summed E-state index contributed by atoms with van der Waals surface area (Å²) in [4.78, 5) is 10.6. The molecule has 1 fully saturated rings. The second-order valence-electron chi connectivity index (χ2n) is 3.69. The van der Waals surface area contributed by atoms with Crippen molar-refractivity contribution in [2.75, 3.05) is 0 Å². The molecule has 0 aromatic rings. The van der Waals surface area contributed by atoms with Gasteiger partial charge in [-0.3, -0.25) is 4.79 Å². The fraction of sp³-hybridized carbons (Fsp3) is 0.667. The second-order valence-corrected chi connectivity index (χ2v) is 3.69. The van der Waals surface area contributed by atoms with Gasteiger partial charge in [-0.2, -0.15) is 0 Å². The first-order valence-corrected chi connectivity index (χ1v) is 3.87. The third-order valence-electron chi connectivity index (χ3n) is 2.58. The van der Waals surface area contributed by atoms with E-state index in [-0.39, 0.29) is 17.3 Å². The van der Waals surface area contributed by atoms with Crippen LogP contribution in [0.5, 0.6) is 0 Å². The van der Waals surface area contributed by atoms with Gasteiger partial charge in [0, 0.05) is 0 Å². The zero-order valence-electron chi connectivity index (χ0n) is 7.16. The van der Waals surface area contributed by atoms with Crippen LogP contribution in [0.3, 0.4) is 0 Å². The molecule has 2 heteroatoms. The first-order chi connectivity index (χ1) is 5.01. The van der Waals surface area contributed by atoms with E-state index in [9.17, 15) is 4.79 Å². The van der Waals surface area contributed by atoms with Crippen LogP contribution in [0.2, 0.25) is 0 Å². The van der Waals surface area contributed by atoms with Crippen LogP contribution in [0.15, 0.2) is 12.2 Å². The molecule has 2 atom stereocenters. The van der Waals surface area contributed by atoms with Gasteiger partial charge in [0.1, 0.15) is 0 Å². The molecule has 0 amide bonds. The molecule has 0 heterocycles. The number of hydrogen-bond donors (Lipinski definition) is 1. The van der Waals surface area contributed by atoms with E-state index in [1.54, 1.807) is 0 Å². The lowest BCUT2D eigenvalue weighted by Crippen LogP contribution is -2.02. The maximum atomic E-state index is 10.6. The molecule has 0 radical (unpaired) electrons. The summed E-state index contributed by atoms with van der Waals surface area (Å²) in [6.45, 7) is 5.92. The SMILES string of the molecule is C/C=C\[C@@H]1[C@@H](C(=O)O)C1(C)C. The number of hydrogen-bond acceptors (Lipinski definition) is 1. The molecule has 0 aliphatic heterocycles. The molecule has 1 aliphatic rings. The monoisotopic (exact) mass is 154 g/mol. The average molecular weight is 154 g/mol. The highest BCUT2D eigenvalue weighted by Gasteiger charge is 2.60. The topological polar surface area (TPSA) is 37.3 Å². The van der Waals surface area contributed by atoms with E-state index < -0.39 is 5.97 Å². The predicted octanol–water partition coefficient (Wildman–Crippen LogP) is 1.92. The van der Waals surface area contributed by atoms with Crippen molar-refractivity contribution in [1.82, 2.24) is 0 Å². The first kappa shape index (κ1) is 8.31. The molecule has 2 nitrogen and oxygen atoms in total. The molecule has 0 aromatic heterocycles. The van der Waals surface area contributed by atoms with E-state index in [2.05, 4.69) is 0 Å². The van der Waals surface area contributed by atoms with Gasteiger partial charge in [0.15, 0.2) is 0 Å². The van der Waals surface area contributed by atoms with E-state index in [1.165, 1.54) is 0 Å². The van der Waals surface area contributed by atoms with Gasteiger partial charge in [-0.1, -0.05) is 26.0 Å². The molecule has 11 heavy (non-hydrogen) atoms. The molecule has 0 bridgehead atoms. The minimum absolute atomic E-state index is 0.0294. The molecule has 0 spiro atoms. The number of aliphatic carboxylic acids is 1. The van der Waals surface area contributed by atoms with Crippen molar-refractivity contribution in [3.63, 3.8) is 0 Å². The van der Waals surface area contributed by atoms with Crippen LogP contribution in [0.25, 0.3) is 0 Å². The van der Waals surface area contributed by atoms with Crippen LogP contribution < -0.4 is 0 Å². The molecule has 1 saturated carbocycles. The van der Waals surface area contributed by atoms with Crippen molar-refractivity contribution in [3.8, 4) is 0 Å². The molecule has 62 valence electrons. The summed E-state index contributed by atoms with van der Waals surface area (Å²) in [6, 6.07) is 0. The largest absolute Gasteiger partial charge is 0.481 e. The Bertz CT molecular complexity index is 204. The predicted molar refractivity (Wildman–Crippen MR) is 43.2 cm³/mol. The van der Waals surface area contributed by atoms with E-state index >= 15 is 0 Å². The number of rotatable bonds is 2. The van der Waals surface area contributed by atoms with Crippen molar-refractivity contribution < 1.29 is 9.90 Å². The number of carboxylic acid groups (broad SMARTS) is 1. The Kier molecular flexibility index (Phi) is 1.78. The first-order valence-electron chi connectivity index (χ1n) is 3.87. The highest BCUT2D eigenvalue weighted by atomic mass is 16.4. The van der Waals surface area contributed by atoms with Crippen molar-refractivity contribution in [2.24, 2.45) is 17.3 Å². The van der Waals surface area contributed by atoms with E-state index in [0.717, 1.165) is 0 Å². The molecule has 0 unspecified atom stereocenters. The van der Waals surface area contributed by atoms with Crippen LogP contribution in [-0.4, -0.2) is 11.1 Å². The average Bonchev–Trinajstić information content (AvgIpc) is 2.35. The molecule has 1 N–H and O–H groups in total. The fourth-order valence-corrected chi connectivity index (χ4v) is 1.72. The van der Waals surface area contributed by atoms with Crippen LogP contribution in [0.1, 0.15) is 20.8 Å². The van der Waals surface area contributed by atoms with E-state index in [1.807, 2.05) is 32.9 Å². The Morgan fingerprint density at radius 3 is 2.36 bits per heavy atom. The minimum atomic E-state index is -0.668. The van der Waals surface area contributed by atoms with E-state index in [4.69, 9.17) is 5.11 Å². The number of carbonyl (C=O) groups is 1. The second kappa shape index (κ2) is 2.36. The summed E-state index contributed by atoms with van der Waals surface area (Å²) < 4.78 is 0. The fourth-order valence-electron chi connectivity index (χ4n) is 1.72. The van der Waals surface area contributed by atoms with Crippen molar-refractivity contribution >= 4 is 5.97 Å². The minimum Gasteiger partial charge on any atom is -0.481 e. The third-order valence-corrected chi connectivity index (χ3v) is 2.58. The zero-order valence-corrected chi connectivity index (χ0v) is 7.16. The maximum Gasteiger partial charge on any atom is 0.307 e. The molecule has 1 rings (SSSR count). The summed E-state index contributed by atoms with van der Waals surface area (Å²) >= 11 is 0. The Labute approximate surface area is 66.9 Å². The van der Waals surface area contributed by atoms with Gasteiger partial charge in [0.25, 0.3) is 0 Å². The maximum absolute atomic E-state index is 10.6. The lowest BCUT2D eigenvalue weighted by atomic mass is 10.1. The summed E-state index contributed by atoms with van der Waals surface area (Å²) in [5.74, 6) is -0.596. The van der Waals surface area contributed by atoms with Gasteiger partial charge < -0.3 is 5.11 Å². The normalized spacial score (nSPS) is 34.1. The zero-order chi connectivity index (χ0) is 8.65. The Morgan fingerprint density at radius 2 is 2.09 bits per heavy atom. The number of carboxylic acids is 1. The molecule has 0 saturated heterocycles. The van der Waals surface area contributed by atoms with Gasteiger partial charge in [-0.05, 0) is 18.3 Å². The molecule has 0 aromatic carbocycles. The highest BCUT2D eigenvalue weighted by Crippen LogP contribution is 2.58. The van der Waals surface area contributed by atoms with Gasteiger partial charge in [0.05, 0.1) is 5.92 Å². The lowest BCUT2D eigenvalue weighted by molar-refractivity contribution is -0.139. The van der Waals surface area contributed by atoms with Crippen LogP contribution >= 0.6 is 0 Å². The Morgan fingerprint density at radius 1 is 1.55 bits per heavy atom. The Hall–Kier alpha value is -0.790. The van der Waals surface area contributed by atoms with Gasteiger partial charge >= 0.3 is 5.97 Å². The third kappa shape index (κ3) is 1.17. The van der Waals surface area contributed by atoms with Crippen LogP contribution in [-0.2, 0) is 4.79 Å². The molecular formula is C9H14O2. The quantitative estimate of drug-likeness (QED) is 0.617. The summed E-state index contributed by atoms with van der Waals surface area (Å²) in [5, 5.41) is 8.75. The highest BCUT2D eigenvalue weighted by molar-refractivity contribution is 5.76. The van der Waals surface area contributed by atoms with Gasteiger partial charge in [0.2, 0.25) is 0 Å². The van der Waals surface area contributed by atoms with Crippen molar-refractivity contribution in [3.05, 3.63) is 12.2 Å². The smallest absolute Gasteiger partial charge is 0.307 e. The van der Waals surface area contributed by atoms with Crippen molar-refractivity contribution in [2.45, 2.75) is 20.8 Å². The Balaban J connectivity index is 2.68. The summed E-state index contributed by atoms with van der Waals surface area (Å²) in [7, 11) is 0. The summed E-state index contributed by atoms with van der Waals surface area (Å²) in [6.07, 6.45) is 3.91. The molecular weight excluding hydrogens is 140 g/mol. The van der Waals surface area contributed by atoms with Crippen molar-refractivity contribution in [1.29, 1.82) is 0 Å². The number of allylic oxidation sites excluding steroid dienone is 2. The van der Waals surface area contributed by atoms with Crippen LogP contribution in [0, 0.1) is 17.3 Å². The van der Waals surface area contributed by atoms with E-state index in [0.29, 0.717) is 0 Å². The van der Waals surface area contributed by atoms with Gasteiger partial charge in [-0.25, -0.2) is 0 Å². The lowest BCUT2D eigenvalue weighted by Gasteiger charge is -1.95. The van der Waals surface area contributed by atoms with Gasteiger partial charge in [-0.15, -0.1) is 0 Å².